The van der Waals surface area contributed by atoms with E-state index in [2.05, 4.69) is 15.9 Å². The molecule has 8 heteroatoms. The van der Waals surface area contributed by atoms with Gasteiger partial charge in [-0.25, -0.2) is 0 Å². The van der Waals surface area contributed by atoms with E-state index in [1.807, 2.05) is 0 Å². The second-order valence-corrected chi connectivity index (χ2v) is 7.57. The van der Waals surface area contributed by atoms with E-state index in [0.29, 0.717) is 22.1 Å². The zero-order chi connectivity index (χ0) is 18.9. The molecule has 136 valence electrons. The molecule has 1 heterocycles. The SMILES string of the molecule is CN(CCCC(=O)O)C(=O)CN1C(=O)C(C)(C)c2cc(Br)cc(O)c21. The molecule has 2 rings (SSSR count). The second kappa shape index (κ2) is 7.03. The summed E-state index contributed by atoms with van der Waals surface area (Å²) in [5, 5.41) is 18.9. The van der Waals surface area contributed by atoms with Gasteiger partial charge in [0, 0.05) is 24.5 Å². The summed E-state index contributed by atoms with van der Waals surface area (Å²) < 4.78 is 0.656. The summed E-state index contributed by atoms with van der Waals surface area (Å²) >= 11 is 3.31. The zero-order valence-electron chi connectivity index (χ0n) is 14.4. The standard InChI is InChI=1S/C17H21BrN2O5/c1-17(2)11-7-10(18)8-12(21)15(11)20(16(17)25)9-13(22)19(3)6-4-5-14(23)24/h7-8,21H,4-6,9H2,1-3H3,(H,23,24). The number of benzene rings is 1. The van der Waals surface area contributed by atoms with Crippen LogP contribution in [0.2, 0.25) is 0 Å². The fraction of sp³-hybridized carbons (Fsp3) is 0.471. The normalized spacial score (nSPS) is 15.2. The lowest BCUT2D eigenvalue weighted by molar-refractivity contribution is -0.137. The Labute approximate surface area is 154 Å². The number of rotatable bonds is 6. The highest BCUT2D eigenvalue weighted by atomic mass is 79.9. The molecule has 1 aliphatic rings. The van der Waals surface area contributed by atoms with Crippen LogP contribution in [0, 0.1) is 0 Å². The molecule has 0 atom stereocenters. The highest BCUT2D eigenvalue weighted by Crippen LogP contribution is 2.47. The number of aliphatic carboxylic acids is 1. The minimum atomic E-state index is -0.915. The molecule has 1 aromatic rings. The number of carbonyl (C=O) groups is 3. The molecule has 1 aromatic carbocycles. The molecule has 0 fully saturated rings. The van der Waals surface area contributed by atoms with Crippen LogP contribution in [-0.2, 0) is 19.8 Å². The molecular weight excluding hydrogens is 392 g/mol. The maximum absolute atomic E-state index is 12.8. The average Bonchev–Trinajstić information content (AvgIpc) is 2.68. The van der Waals surface area contributed by atoms with Crippen LogP contribution in [0.5, 0.6) is 5.75 Å². The number of amides is 2. The second-order valence-electron chi connectivity index (χ2n) is 6.65. The average molecular weight is 413 g/mol. The molecule has 0 radical (unpaired) electrons. The summed E-state index contributed by atoms with van der Waals surface area (Å²) in [5.74, 6) is -1.56. The number of hydrogen-bond acceptors (Lipinski definition) is 4. The van der Waals surface area contributed by atoms with E-state index in [-0.39, 0.29) is 37.1 Å². The van der Waals surface area contributed by atoms with Crippen molar-refractivity contribution in [3.05, 3.63) is 22.2 Å². The van der Waals surface area contributed by atoms with Crippen LogP contribution in [0.3, 0.4) is 0 Å². The van der Waals surface area contributed by atoms with Crippen molar-refractivity contribution >= 4 is 39.4 Å². The number of phenolic OH excluding ortho intramolecular Hbond substituents is 1. The maximum Gasteiger partial charge on any atom is 0.303 e. The fourth-order valence-corrected chi connectivity index (χ4v) is 3.34. The van der Waals surface area contributed by atoms with Crippen molar-refractivity contribution in [3.63, 3.8) is 0 Å². The van der Waals surface area contributed by atoms with Crippen molar-refractivity contribution in [2.75, 3.05) is 25.0 Å². The fourth-order valence-electron chi connectivity index (χ4n) is 2.90. The Morgan fingerprint density at radius 3 is 2.56 bits per heavy atom. The minimum absolute atomic E-state index is 0.0229. The topological polar surface area (TPSA) is 98.2 Å². The van der Waals surface area contributed by atoms with Gasteiger partial charge in [0.05, 0.1) is 11.1 Å². The predicted molar refractivity (Wildman–Crippen MR) is 95.7 cm³/mol. The maximum atomic E-state index is 12.8. The van der Waals surface area contributed by atoms with Crippen LogP contribution < -0.4 is 4.90 Å². The minimum Gasteiger partial charge on any atom is -0.506 e. The van der Waals surface area contributed by atoms with Gasteiger partial charge in [-0.1, -0.05) is 15.9 Å². The molecular formula is C17H21BrN2O5. The Balaban J connectivity index is 2.20. The van der Waals surface area contributed by atoms with Crippen molar-refractivity contribution in [1.29, 1.82) is 0 Å². The monoisotopic (exact) mass is 412 g/mol. The van der Waals surface area contributed by atoms with Crippen molar-refractivity contribution in [2.45, 2.75) is 32.1 Å². The third-order valence-corrected chi connectivity index (χ3v) is 4.84. The molecule has 1 aliphatic heterocycles. The number of anilines is 1. The van der Waals surface area contributed by atoms with Gasteiger partial charge >= 0.3 is 5.97 Å². The number of aromatic hydroxyl groups is 1. The first-order valence-corrected chi connectivity index (χ1v) is 8.65. The largest absolute Gasteiger partial charge is 0.506 e. The van der Waals surface area contributed by atoms with Gasteiger partial charge in [-0.15, -0.1) is 0 Å². The van der Waals surface area contributed by atoms with Gasteiger partial charge in [0.15, 0.2) is 0 Å². The molecule has 0 aliphatic carbocycles. The van der Waals surface area contributed by atoms with Crippen LogP contribution in [-0.4, -0.2) is 53.0 Å². The lowest BCUT2D eigenvalue weighted by Gasteiger charge is -2.23. The highest BCUT2D eigenvalue weighted by Gasteiger charge is 2.46. The summed E-state index contributed by atoms with van der Waals surface area (Å²) in [4.78, 5) is 38.4. The van der Waals surface area contributed by atoms with Crippen molar-refractivity contribution in [1.82, 2.24) is 4.90 Å². The Hall–Kier alpha value is -2.09. The predicted octanol–water partition coefficient (Wildman–Crippen LogP) is 2.10. The Morgan fingerprint density at radius 2 is 1.96 bits per heavy atom. The smallest absolute Gasteiger partial charge is 0.303 e. The number of likely N-dealkylation sites (N-methyl/N-ethyl adjacent to an activating group) is 1. The quantitative estimate of drug-likeness (QED) is 0.745. The van der Waals surface area contributed by atoms with Crippen LogP contribution in [0.4, 0.5) is 5.69 Å². The third kappa shape index (κ3) is 3.78. The van der Waals surface area contributed by atoms with E-state index in [0.717, 1.165) is 0 Å². The Bertz CT molecular complexity index is 732. The summed E-state index contributed by atoms with van der Waals surface area (Å²) in [7, 11) is 1.57. The molecule has 0 saturated carbocycles. The Kier molecular flexibility index (Phi) is 5.41. The van der Waals surface area contributed by atoms with E-state index in [4.69, 9.17) is 5.11 Å². The van der Waals surface area contributed by atoms with Gasteiger partial charge in [-0.2, -0.15) is 0 Å². The number of carbonyl (C=O) groups excluding carboxylic acids is 2. The summed E-state index contributed by atoms with van der Waals surface area (Å²) in [6.07, 6.45) is 0.316. The zero-order valence-corrected chi connectivity index (χ0v) is 16.0. The summed E-state index contributed by atoms with van der Waals surface area (Å²) in [6.45, 7) is 3.59. The first-order chi connectivity index (χ1) is 11.6. The molecule has 7 nitrogen and oxygen atoms in total. The number of hydrogen-bond donors (Lipinski definition) is 2. The van der Waals surface area contributed by atoms with E-state index in [1.54, 1.807) is 27.0 Å². The number of nitrogens with zero attached hydrogens (tertiary/aromatic N) is 2. The summed E-state index contributed by atoms with van der Waals surface area (Å²) in [5.41, 5.74) is 0.162. The molecule has 0 spiro atoms. The Morgan fingerprint density at radius 1 is 1.32 bits per heavy atom. The van der Waals surface area contributed by atoms with Crippen LogP contribution >= 0.6 is 15.9 Å². The first-order valence-electron chi connectivity index (χ1n) is 7.86. The first kappa shape index (κ1) is 19.2. The molecule has 0 unspecified atom stereocenters. The van der Waals surface area contributed by atoms with E-state index in [9.17, 15) is 19.5 Å². The highest BCUT2D eigenvalue weighted by molar-refractivity contribution is 9.10. The molecule has 25 heavy (non-hydrogen) atoms. The lowest BCUT2D eigenvalue weighted by atomic mass is 9.86. The summed E-state index contributed by atoms with van der Waals surface area (Å²) in [6, 6.07) is 3.26. The number of halogens is 1. The van der Waals surface area contributed by atoms with Crippen LogP contribution in [0.15, 0.2) is 16.6 Å². The lowest BCUT2D eigenvalue weighted by Crippen LogP contribution is -2.43. The van der Waals surface area contributed by atoms with Crippen LogP contribution in [0.25, 0.3) is 0 Å². The molecule has 0 bridgehead atoms. The van der Waals surface area contributed by atoms with Gasteiger partial charge in [0.2, 0.25) is 11.8 Å². The van der Waals surface area contributed by atoms with Crippen molar-refractivity contribution in [3.8, 4) is 5.75 Å². The van der Waals surface area contributed by atoms with Gasteiger partial charge in [0.1, 0.15) is 12.3 Å². The third-order valence-electron chi connectivity index (χ3n) is 4.38. The van der Waals surface area contributed by atoms with Gasteiger partial charge in [-0.05, 0) is 38.0 Å². The van der Waals surface area contributed by atoms with E-state index < -0.39 is 11.4 Å². The number of carboxylic acid groups (broad SMARTS) is 1. The van der Waals surface area contributed by atoms with Gasteiger partial charge < -0.3 is 15.1 Å². The van der Waals surface area contributed by atoms with Crippen molar-refractivity contribution < 1.29 is 24.6 Å². The van der Waals surface area contributed by atoms with Crippen LogP contribution in [0.1, 0.15) is 32.3 Å². The molecule has 2 N–H and O–H groups in total. The molecule has 0 saturated heterocycles. The van der Waals surface area contributed by atoms with E-state index in [1.165, 1.54) is 15.9 Å². The van der Waals surface area contributed by atoms with E-state index >= 15 is 0 Å². The van der Waals surface area contributed by atoms with Gasteiger partial charge in [0.25, 0.3) is 0 Å². The number of carboxylic acids is 1. The molecule has 2 amide bonds. The number of phenols is 1. The van der Waals surface area contributed by atoms with Crippen molar-refractivity contribution in [2.24, 2.45) is 0 Å². The molecule has 0 aromatic heterocycles. The number of fused-ring (bicyclic) bond motifs is 1. The van der Waals surface area contributed by atoms with Gasteiger partial charge in [-0.3, -0.25) is 19.3 Å².